The van der Waals surface area contributed by atoms with Gasteiger partial charge in [-0.25, -0.2) is 4.98 Å². The molecule has 6 heteroatoms. The van der Waals surface area contributed by atoms with E-state index in [-0.39, 0.29) is 5.91 Å². The Morgan fingerprint density at radius 2 is 1.79 bits per heavy atom. The van der Waals surface area contributed by atoms with E-state index in [1.54, 1.807) is 18.4 Å². The van der Waals surface area contributed by atoms with E-state index in [1.165, 1.54) is 5.56 Å². The monoisotopic (exact) mass is 397 g/mol. The molecule has 1 heterocycles. The lowest BCUT2D eigenvalue weighted by Gasteiger charge is -2.22. The van der Waals surface area contributed by atoms with Crippen molar-refractivity contribution in [2.45, 2.75) is 19.8 Å². The van der Waals surface area contributed by atoms with Crippen molar-refractivity contribution < 1.29 is 9.53 Å². The van der Waals surface area contributed by atoms with Gasteiger partial charge in [0.05, 0.1) is 23.7 Å². The van der Waals surface area contributed by atoms with Gasteiger partial charge in [0.15, 0.2) is 5.13 Å². The van der Waals surface area contributed by atoms with Crippen molar-refractivity contribution in [3.05, 3.63) is 53.6 Å². The van der Waals surface area contributed by atoms with Crippen molar-refractivity contribution in [3.8, 4) is 5.75 Å². The maximum Gasteiger partial charge on any atom is 0.233 e. The van der Waals surface area contributed by atoms with Crippen LogP contribution in [0.25, 0.3) is 10.2 Å². The summed E-state index contributed by atoms with van der Waals surface area (Å²) in [7, 11) is 5.66. The highest BCUT2D eigenvalue weighted by Crippen LogP contribution is 2.30. The largest absolute Gasteiger partial charge is 0.497 e. The summed E-state index contributed by atoms with van der Waals surface area (Å²) in [5, 5.41) is 0.767. The van der Waals surface area contributed by atoms with Crippen LogP contribution < -0.4 is 9.64 Å². The molecule has 1 aromatic heterocycles. The predicted molar refractivity (Wildman–Crippen MR) is 117 cm³/mol. The summed E-state index contributed by atoms with van der Waals surface area (Å²) >= 11 is 1.59. The first kappa shape index (κ1) is 20.3. The molecule has 28 heavy (non-hydrogen) atoms. The van der Waals surface area contributed by atoms with Gasteiger partial charge in [0, 0.05) is 13.1 Å². The van der Waals surface area contributed by atoms with E-state index in [0.29, 0.717) is 13.0 Å². The molecular formula is C22H27N3O2S. The average molecular weight is 398 g/mol. The Labute approximate surface area is 170 Å². The molecule has 0 fully saturated rings. The van der Waals surface area contributed by atoms with E-state index in [0.717, 1.165) is 39.6 Å². The summed E-state index contributed by atoms with van der Waals surface area (Å²) in [6, 6.07) is 14.0. The van der Waals surface area contributed by atoms with Crippen molar-refractivity contribution in [2.24, 2.45) is 0 Å². The average Bonchev–Trinajstić information content (AvgIpc) is 3.11. The molecule has 0 saturated carbocycles. The van der Waals surface area contributed by atoms with Crippen LogP contribution in [0.15, 0.2) is 42.5 Å². The Morgan fingerprint density at radius 3 is 2.43 bits per heavy atom. The number of hydrogen-bond donors (Lipinski definition) is 0. The molecule has 0 aliphatic carbocycles. The molecule has 3 aromatic rings. The molecule has 0 atom stereocenters. The highest BCUT2D eigenvalue weighted by molar-refractivity contribution is 7.22. The minimum Gasteiger partial charge on any atom is -0.497 e. The molecule has 0 N–H and O–H groups in total. The minimum atomic E-state index is 0.0572. The highest BCUT2D eigenvalue weighted by Gasteiger charge is 2.20. The summed E-state index contributed by atoms with van der Waals surface area (Å²) in [5.41, 5.74) is 3.20. The number of aromatic nitrogens is 1. The van der Waals surface area contributed by atoms with Crippen LogP contribution in [0, 0.1) is 0 Å². The zero-order valence-electron chi connectivity index (χ0n) is 16.9. The van der Waals surface area contributed by atoms with Crippen molar-refractivity contribution in [2.75, 3.05) is 39.2 Å². The summed E-state index contributed by atoms with van der Waals surface area (Å²) < 4.78 is 6.33. The molecule has 0 spiro atoms. The van der Waals surface area contributed by atoms with Crippen molar-refractivity contribution in [3.63, 3.8) is 0 Å². The van der Waals surface area contributed by atoms with Crippen LogP contribution >= 0.6 is 11.3 Å². The van der Waals surface area contributed by atoms with Crippen LogP contribution in [0.3, 0.4) is 0 Å². The molecule has 0 radical (unpaired) electrons. The number of aryl methyl sites for hydroxylation is 1. The van der Waals surface area contributed by atoms with E-state index in [1.807, 2.05) is 49.3 Å². The minimum absolute atomic E-state index is 0.0572. The third-order valence-electron chi connectivity index (χ3n) is 4.67. The Balaban J connectivity index is 1.85. The summed E-state index contributed by atoms with van der Waals surface area (Å²) in [6.07, 6.45) is 1.33. The number of carbonyl (C=O) groups is 1. The SMILES string of the molecule is CCc1ccc2nc(N(CCN(C)C)C(=O)Cc3ccc(OC)cc3)sc2c1. The van der Waals surface area contributed by atoms with Gasteiger partial charge in [-0.05, 0) is 55.9 Å². The van der Waals surface area contributed by atoms with E-state index < -0.39 is 0 Å². The van der Waals surface area contributed by atoms with Crippen molar-refractivity contribution in [1.82, 2.24) is 9.88 Å². The predicted octanol–water partition coefficient (Wildman–Crippen LogP) is 4.00. The standard InChI is InChI=1S/C22H27N3O2S/c1-5-16-8-11-19-20(14-16)28-22(23-19)25(13-12-24(2)3)21(26)15-17-6-9-18(27-4)10-7-17/h6-11,14H,5,12-13,15H2,1-4H3. The quantitative estimate of drug-likeness (QED) is 0.576. The molecule has 0 unspecified atom stereocenters. The van der Waals surface area contributed by atoms with Gasteiger partial charge in [0.2, 0.25) is 5.91 Å². The molecular weight excluding hydrogens is 370 g/mol. The van der Waals surface area contributed by atoms with Gasteiger partial charge in [-0.3, -0.25) is 9.69 Å². The lowest BCUT2D eigenvalue weighted by molar-refractivity contribution is -0.118. The molecule has 3 rings (SSSR count). The van der Waals surface area contributed by atoms with E-state index in [9.17, 15) is 4.79 Å². The van der Waals surface area contributed by atoms with E-state index in [4.69, 9.17) is 9.72 Å². The van der Waals surface area contributed by atoms with Gasteiger partial charge in [0.1, 0.15) is 5.75 Å². The van der Waals surface area contributed by atoms with E-state index >= 15 is 0 Å². The summed E-state index contributed by atoms with van der Waals surface area (Å²) in [4.78, 5) is 21.8. The lowest BCUT2D eigenvalue weighted by atomic mass is 10.1. The highest BCUT2D eigenvalue weighted by atomic mass is 32.1. The van der Waals surface area contributed by atoms with Crippen LogP contribution in [0.1, 0.15) is 18.1 Å². The van der Waals surface area contributed by atoms with Gasteiger partial charge < -0.3 is 9.64 Å². The Kier molecular flexibility index (Phi) is 6.65. The normalized spacial score (nSPS) is 11.2. The first-order valence-corrected chi connectivity index (χ1v) is 10.3. The lowest BCUT2D eigenvalue weighted by Crippen LogP contribution is -2.37. The second-order valence-corrected chi connectivity index (χ2v) is 8.03. The van der Waals surface area contributed by atoms with Crippen LogP contribution in [0.2, 0.25) is 0 Å². The first-order valence-electron chi connectivity index (χ1n) is 9.47. The molecule has 148 valence electrons. The van der Waals surface area contributed by atoms with Crippen LogP contribution in [0.4, 0.5) is 5.13 Å². The summed E-state index contributed by atoms with van der Waals surface area (Å²) in [6.45, 7) is 3.54. The fraction of sp³-hybridized carbons (Fsp3) is 0.364. The van der Waals surface area contributed by atoms with E-state index in [2.05, 4.69) is 24.0 Å². The number of benzene rings is 2. The number of fused-ring (bicyclic) bond motifs is 1. The summed E-state index contributed by atoms with van der Waals surface area (Å²) in [5.74, 6) is 0.848. The zero-order chi connectivity index (χ0) is 20.1. The van der Waals surface area contributed by atoms with Gasteiger partial charge in [0.25, 0.3) is 0 Å². The Bertz CT molecular complexity index is 935. The molecule has 0 saturated heterocycles. The maximum absolute atomic E-state index is 13.1. The second kappa shape index (κ2) is 9.17. The number of nitrogens with zero attached hydrogens (tertiary/aromatic N) is 3. The topological polar surface area (TPSA) is 45.7 Å². The van der Waals surface area contributed by atoms with Gasteiger partial charge >= 0.3 is 0 Å². The molecule has 0 aliphatic heterocycles. The number of ether oxygens (including phenoxy) is 1. The number of amides is 1. The zero-order valence-corrected chi connectivity index (χ0v) is 17.8. The molecule has 5 nitrogen and oxygen atoms in total. The van der Waals surface area contributed by atoms with Crippen molar-refractivity contribution in [1.29, 1.82) is 0 Å². The molecule has 0 bridgehead atoms. The fourth-order valence-corrected chi connectivity index (χ4v) is 4.01. The number of likely N-dealkylation sites (N-methyl/N-ethyl adjacent to an activating group) is 1. The molecule has 1 amide bonds. The Hall–Kier alpha value is -2.44. The number of methoxy groups -OCH3 is 1. The number of thiazole rings is 1. The fourth-order valence-electron chi connectivity index (χ4n) is 2.93. The second-order valence-electron chi connectivity index (χ2n) is 7.03. The maximum atomic E-state index is 13.1. The third kappa shape index (κ3) is 4.88. The third-order valence-corrected chi connectivity index (χ3v) is 5.71. The van der Waals surface area contributed by atoms with Crippen molar-refractivity contribution >= 4 is 32.6 Å². The number of carbonyl (C=O) groups excluding carboxylic acids is 1. The van der Waals surface area contributed by atoms with Crippen LogP contribution in [-0.2, 0) is 17.6 Å². The van der Waals surface area contributed by atoms with Gasteiger partial charge in [-0.2, -0.15) is 0 Å². The molecule has 0 aliphatic rings. The number of anilines is 1. The first-order chi connectivity index (χ1) is 13.5. The smallest absolute Gasteiger partial charge is 0.233 e. The molecule has 2 aromatic carbocycles. The number of rotatable bonds is 8. The van der Waals surface area contributed by atoms with Gasteiger partial charge in [-0.15, -0.1) is 0 Å². The van der Waals surface area contributed by atoms with Gasteiger partial charge in [-0.1, -0.05) is 36.5 Å². The van der Waals surface area contributed by atoms with Crippen LogP contribution in [0.5, 0.6) is 5.75 Å². The van der Waals surface area contributed by atoms with Crippen LogP contribution in [-0.4, -0.2) is 50.1 Å². The Morgan fingerprint density at radius 1 is 1.07 bits per heavy atom. The number of hydrogen-bond acceptors (Lipinski definition) is 5.